The van der Waals surface area contributed by atoms with E-state index in [-0.39, 0.29) is 11.4 Å². The summed E-state index contributed by atoms with van der Waals surface area (Å²) in [6.07, 6.45) is 0.964. The van der Waals surface area contributed by atoms with E-state index in [0.29, 0.717) is 5.56 Å². The lowest BCUT2D eigenvalue weighted by Gasteiger charge is -2.04. The summed E-state index contributed by atoms with van der Waals surface area (Å²) in [5.41, 5.74) is 0.951. The van der Waals surface area contributed by atoms with E-state index in [1.807, 2.05) is 13.0 Å². The maximum Gasteiger partial charge on any atom is 0.287 e. The van der Waals surface area contributed by atoms with Crippen molar-refractivity contribution in [2.24, 2.45) is 0 Å². The number of nitro groups is 1. The number of imide groups is 1. The van der Waals surface area contributed by atoms with Gasteiger partial charge in [-0.1, -0.05) is 17.7 Å². The van der Waals surface area contributed by atoms with Crippen LogP contribution in [-0.4, -0.2) is 21.7 Å². The molecule has 0 aliphatic heterocycles. The molecule has 1 aromatic carbocycles. The van der Waals surface area contributed by atoms with Crippen molar-refractivity contribution < 1.29 is 14.5 Å². The van der Waals surface area contributed by atoms with Crippen LogP contribution in [0.5, 0.6) is 0 Å². The number of aryl methyl sites for hydroxylation is 1. The maximum absolute atomic E-state index is 11.9. The van der Waals surface area contributed by atoms with Crippen molar-refractivity contribution >= 4 is 17.5 Å². The number of hydrogen-bond acceptors (Lipinski definition) is 5. The third-order valence-electron chi connectivity index (χ3n) is 2.70. The second kappa shape index (κ2) is 5.91. The molecule has 7 nitrogen and oxygen atoms in total. The summed E-state index contributed by atoms with van der Waals surface area (Å²) in [5, 5.41) is 12.7. The topological polar surface area (TPSA) is 102 Å². The molecule has 0 bridgehead atoms. The van der Waals surface area contributed by atoms with Crippen LogP contribution >= 0.6 is 0 Å². The second-order valence-electron chi connectivity index (χ2n) is 4.31. The van der Waals surface area contributed by atoms with Gasteiger partial charge in [-0.05, 0) is 25.1 Å². The number of carbonyl (C=O) groups is 2. The molecular formula is C14H11N3O4. The average molecular weight is 285 g/mol. The molecule has 21 heavy (non-hydrogen) atoms. The van der Waals surface area contributed by atoms with Crippen molar-refractivity contribution in [3.05, 3.63) is 69.5 Å². The van der Waals surface area contributed by atoms with Gasteiger partial charge in [0.15, 0.2) is 0 Å². The zero-order valence-corrected chi connectivity index (χ0v) is 11.1. The van der Waals surface area contributed by atoms with Crippen LogP contribution in [0, 0.1) is 17.0 Å². The summed E-state index contributed by atoms with van der Waals surface area (Å²) < 4.78 is 0. The van der Waals surface area contributed by atoms with Crippen molar-refractivity contribution in [3.63, 3.8) is 0 Å². The van der Waals surface area contributed by atoms with E-state index in [4.69, 9.17) is 0 Å². The predicted molar refractivity (Wildman–Crippen MR) is 73.9 cm³/mol. The molecule has 1 N–H and O–H groups in total. The first-order valence-electron chi connectivity index (χ1n) is 6.00. The molecular weight excluding hydrogens is 274 g/mol. The Morgan fingerprint density at radius 1 is 1.19 bits per heavy atom. The van der Waals surface area contributed by atoms with E-state index in [1.165, 1.54) is 6.07 Å². The lowest BCUT2D eigenvalue weighted by atomic mass is 10.1. The van der Waals surface area contributed by atoms with Crippen LogP contribution in [0.1, 0.15) is 26.4 Å². The summed E-state index contributed by atoms with van der Waals surface area (Å²) in [4.78, 5) is 37.2. The van der Waals surface area contributed by atoms with Crippen molar-refractivity contribution in [2.45, 2.75) is 6.92 Å². The zero-order chi connectivity index (χ0) is 15.4. The van der Waals surface area contributed by atoms with Crippen LogP contribution < -0.4 is 5.32 Å². The Morgan fingerprint density at radius 2 is 1.95 bits per heavy atom. The van der Waals surface area contributed by atoms with Gasteiger partial charge in [0.25, 0.3) is 17.5 Å². The Bertz CT molecular complexity index is 710. The highest BCUT2D eigenvalue weighted by atomic mass is 16.6. The van der Waals surface area contributed by atoms with E-state index in [9.17, 15) is 19.7 Å². The number of amides is 2. The van der Waals surface area contributed by atoms with E-state index in [1.54, 1.807) is 18.2 Å². The SMILES string of the molecule is Cc1cccc(C(=O)NC(=O)c2ccc([N+](=O)[O-])cn2)c1. The molecule has 0 spiro atoms. The Kier molecular flexibility index (Phi) is 4.03. The van der Waals surface area contributed by atoms with Gasteiger partial charge in [-0.25, -0.2) is 4.98 Å². The highest BCUT2D eigenvalue weighted by molar-refractivity contribution is 6.09. The molecule has 7 heteroatoms. The van der Waals surface area contributed by atoms with Gasteiger partial charge in [-0.15, -0.1) is 0 Å². The molecule has 106 valence electrons. The molecule has 0 atom stereocenters. The Labute approximate surface area is 119 Å². The number of carbonyl (C=O) groups excluding carboxylic acids is 2. The van der Waals surface area contributed by atoms with Gasteiger partial charge >= 0.3 is 0 Å². The predicted octanol–water partition coefficient (Wildman–Crippen LogP) is 1.87. The summed E-state index contributed by atoms with van der Waals surface area (Å²) in [6, 6.07) is 9.11. The van der Waals surface area contributed by atoms with Gasteiger partial charge in [0.05, 0.1) is 4.92 Å². The van der Waals surface area contributed by atoms with Crippen LogP contribution in [-0.2, 0) is 0 Å². The quantitative estimate of drug-likeness (QED) is 0.527. The van der Waals surface area contributed by atoms with Crippen LogP contribution in [0.2, 0.25) is 0 Å². The molecule has 2 rings (SSSR count). The molecule has 2 amide bonds. The molecule has 1 heterocycles. The Morgan fingerprint density at radius 3 is 2.52 bits per heavy atom. The van der Waals surface area contributed by atoms with Gasteiger partial charge in [0.2, 0.25) is 0 Å². The summed E-state index contributed by atoms with van der Waals surface area (Å²) in [7, 11) is 0. The van der Waals surface area contributed by atoms with Gasteiger partial charge < -0.3 is 0 Å². The summed E-state index contributed by atoms with van der Waals surface area (Å²) >= 11 is 0. The van der Waals surface area contributed by atoms with Crippen LogP contribution in [0.4, 0.5) is 5.69 Å². The summed E-state index contributed by atoms with van der Waals surface area (Å²) in [5.74, 6) is -1.26. The van der Waals surface area contributed by atoms with E-state index in [0.717, 1.165) is 17.8 Å². The number of hydrogen-bond donors (Lipinski definition) is 1. The molecule has 0 saturated heterocycles. The largest absolute Gasteiger partial charge is 0.287 e. The fourth-order valence-corrected chi connectivity index (χ4v) is 1.65. The van der Waals surface area contributed by atoms with Crippen molar-refractivity contribution in [1.82, 2.24) is 10.3 Å². The number of aromatic nitrogens is 1. The summed E-state index contributed by atoms with van der Waals surface area (Å²) in [6.45, 7) is 1.83. The Hall–Kier alpha value is -3.09. The molecule has 1 aromatic heterocycles. The van der Waals surface area contributed by atoms with Crippen molar-refractivity contribution in [3.8, 4) is 0 Å². The number of benzene rings is 1. The average Bonchev–Trinajstić information content (AvgIpc) is 2.47. The smallest absolute Gasteiger partial charge is 0.287 e. The van der Waals surface area contributed by atoms with Gasteiger partial charge in [-0.2, -0.15) is 0 Å². The van der Waals surface area contributed by atoms with E-state index >= 15 is 0 Å². The fraction of sp³-hybridized carbons (Fsp3) is 0.0714. The second-order valence-corrected chi connectivity index (χ2v) is 4.31. The minimum absolute atomic E-state index is 0.0680. The molecule has 0 radical (unpaired) electrons. The zero-order valence-electron chi connectivity index (χ0n) is 11.1. The van der Waals surface area contributed by atoms with Crippen molar-refractivity contribution in [1.29, 1.82) is 0 Å². The normalized spacial score (nSPS) is 9.95. The Balaban J connectivity index is 2.10. The molecule has 0 saturated carbocycles. The number of nitrogens with one attached hydrogen (secondary N) is 1. The van der Waals surface area contributed by atoms with Gasteiger partial charge in [0.1, 0.15) is 11.9 Å². The van der Waals surface area contributed by atoms with E-state index in [2.05, 4.69) is 10.3 Å². The molecule has 2 aromatic rings. The molecule has 0 aliphatic carbocycles. The first kappa shape index (κ1) is 14.3. The van der Waals surface area contributed by atoms with Crippen LogP contribution in [0.15, 0.2) is 42.6 Å². The lowest BCUT2D eigenvalue weighted by molar-refractivity contribution is -0.385. The number of rotatable bonds is 3. The maximum atomic E-state index is 11.9. The van der Waals surface area contributed by atoms with Crippen LogP contribution in [0.3, 0.4) is 0 Å². The molecule has 0 aliphatic rings. The number of nitrogens with zero attached hydrogens (tertiary/aromatic N) is 2. The third-order valence-corrected chi connectivity index (χ3v) is 2.70. The highest BCUT2D eigenvalue weighted by Gasteiger charge is 2.15. The van der Waals surface area contributed by atoms with E-state index < -0.39 is 16.7 Å². The molecule has 0 fully saturated rings. The van der Waals surface area contributed by atoms with Crippen LogP contribution in [0.25, 0.3) is 0 Å². The first-order chi connectivity index (χ1) is 9.97. The first-order valence-corrected chi connectivity index (χ1v) is 6.00. The fourth-order valence-electron chi connectivity index (χ4n) is 1.65. The van der Waals surface area contributed by atoms with Gasteiger partial charge in [0, 0.05) is 11.6 Å². The number of pyridine rings is 1. The lowest BCUT2D eigenvalue weighted by Crippen LogP contribution is -2.31. The monoisotopic (exact) mass is 285 g/mol. The highest BCUT2D eigenvalue weighted by Crippen LogP contribution is 2.09. The third kappa shape index (κ3) is 3.47. The minimum atomic E-state index is -0.712. The molecule has 0 unspecified atom stereocenters. The van der Waals surface area contributed by atoms with Gasteiger partial charge in [-0.3, -0.25) is 25.0 Å². The standard InChI is InChI=1S/C14H11N3O4/c1-9-3-2-4-10(7-9)13(18)16-14(19)12-6-5-11(8-15-12)17(20)21/h2-8H,1H3,(H,16,18,19). The minimum Gasteiger partial charge on any atom is -0.287 e. The van der Waals surface area contributed by atoms with Crippen molar-refractivity contribution in [2.75, 3.05) is 0 Å².